The lowest BCUT2D eigenvalue weighted by atomic mass is 9.84. The topological polar surface area (TPSA) is 60.9 Å². The maximum absolute atomic E-state index is 13.2. The Balaban J connectivity index is 1.41. The van der Waals surface area contributed by atoms with Gasteiger partial charge in [0.15, 0.2) is 0 Å². The molecule has 0 aromatic heterocycles. The van der Waals surface area contributed by atoms with Crippen molar-refractivity contribution in [1.82, 2.24) is 9.80 Å². The molecule has 138 valence electrons. The zero-order chi connectivity index (χ0) is 18.3. The van der Waals surface area contributed by atoms with Crippen LogP contribution in [0.2, 0.25) is 0 Å². The molecule has 0 saturated carbocycles. The molecule has 2 fully saturated rings. The Hall–Kier alpha value is -2.37. The quantitative estimate of drug-likeness (QED) is 0.826. The predicted octanol–water partition coefficient (Wildman–Crippen LogP) is 3.23. The Kier molecular flexibility index (Phi) is 4.42. The van der Waals surface area contributed by atoms with E-state index < -0.39 is 5.97 Å². The van der Waals surface area contributed by atoms with E-state index in [9.17, 15) is 14.0 Å². The molecule has 3 aliphatic rings. The van der Waals surface area contributed by atoms with Gasteiger partial charge in [-0.05, 0) is 49.3 Å². The minimum Gasteiger partial charge on any atom is -0.481 e. The number of piperidine rings is 2. The number of urea groups is 1. The molecule has 6 heteroatoms. The van der Waals surface area contributed by atoms with Crippen LogP contribution < -0.4 is 0 Å². The number of likely N-dealkylation sites (tertiary alicyclic amines) is 1. The van der Waals surface area contributed by atoms with Gasteiger partial charge >= 0.3 is 12.0 Å². The molecule has 1 N–H and O–H groups in total. The molecule has 1 unspecified atom stereocenters. The van der Waals surface area contributed by atoms with Crippen molar-refractivity contribution in [3.63, 3.8) is 0 Å². The molecule has 5 nitrogen and oxygen atoms in total. The molecule has 3 atom stereocenters. The van der Waals surface area contributed by atoms with Crippen molar-refractivity contribution >= 4 is 12.0 Å². The van der Waals surface area contributed by atoms with Gasteiger partial charge in [0, 0.05) is 13.1 Å². The third-order valence-electron chi connectivity index (χ3n) is 6.00. The number of benzene rings is 1. The number of carboxylic acid groups (broad SMARTS) is 1. The number of hydrogen-bond acceptors (Lipinski definition) is 2. The summed E-state index contributed by atoms with van der Waals surface area (Å²) in [7, 11) is 0. The van der Waals surface area contributed by atoms with E-state index in [0.29, 0.717) is 31.8 Å². The van der Waals surface area contributed by atoms with Gasteiger partial charge in [-0.1, -0.05) is 24.3 Å². The van der Waals surface area contributed by atoms with E-state index >= 15 is 0 Å². The summed E-state index contributed by atoms with van der Waals surface area (Å²) in [5.74, 6) is -1.01. The SMILES string of the molecule is O=C(O)C1CCN(C(=O)N2[C@@H]3C=C[C@H]2CC(c2ccc(F)cc2)C3)CC1. The number of carboxylic acids is 1. The van der Waals surface area contributed by atoms with Crippen molar-refractivity contribution in [3.05, 3.63) is 47.8 Å². The van der Waals surface area contributed by atoms with Gasteiger partial charge in [-0.3, -0.25) is 4.79 Å². The van der Waals surface area contributed by atoms with Crippen LogP contribution >= 0.6 is 0 Å². The maximum atomic E-state index is 13.2. The van der Waals surface area contributed by atoms with Crippen molar-refractivity contribution in [1.29, 1.82) is 0 Å². The third kappa shape index (κ3) is 3.08. The highest BCUT2D eigenvalue weighted by molar-refractivity contribution is 5.77. The van der Waals surface area contributed by atoms with E-state index in [-0.39, 0.29) is 29.8 Å². The van der Waals surface area contributed by atoms with Gasteiger partial charge in [0.05, 0.1) is 18.0 Å². The van der Waals surface area contributed by atoms with E-state index in [4.69, 9.17) is 5.11 Å². The molecule has 0 radical (unpaired) electrons. The molecular weight excluding hydrogens is 335 g/mol. The standard InChI is InChI=1S/C20H23FN2O3/c21-16-3-1-13(2-4-16)15-11-17-5-6-18(12-15)23(17)20(26)22-9-7-14(8-10-22)19(24)25/h1-6,14-15,17-18H,7-12H2,(H,24,25)/t15?,17-,18+. The molecule has 1 aromatic carbocycles. The fourth-order valence-electron chi connectivity index (χ4n) is 4.52. The van der Waals surface area contributed by atoms with Crippen LogP contribution in [0, 0.1) is 11.7 Å². The van der Waals surface area contributed by atoms with E-state index in [1.807, 2.05) is 17.0 Å². The molecule has 2 saturated heterocycles. The van der Waals surface area contributed by atoms with Gasteiger partial charge in [-0.2, -0.15) is 0 Å². The molecule has 0 spiro atoms. The number of hydrogen-bond donors (Lipinski definition) is 1. The van der Waals surface area contributed by atoms with Gasteiger partial charge in [0.1, 0.15) is 5.82 Å². The monoisotopic (exact) mass is 358 g/mol. The van der Waals surface area contributed by atoms with Gasteiger partial charge in [-0.25, -0.2) is 9.18 Å². The lowest BCUT2D eigenvalue weighted by Crippen LogP contribution is -2.54. The van der Waals surface area contributed by atoms with Crippen LogP contribution in [-0.2, 0) is 4.79 Å². The number of carbonyl (C=O) groups is 2. The number of carbonyl (C=O) groups excluding carboxylic acids is 1. The van der Waals surface area contributed by atoms with Crippen molar-refractivity contribution in [2.45, 2.75) is 43.7 Å². The molecule has 2 amide bonds. The lowest BCUT2D eigenvalue weighted by Gasteiger charge is -2.43. The summed E-state index contributed by atoms with van der Waals surface area (Å²) in [5, 5.41) is 9.11. The lowest BCUT2D eigenvalue weighted by molar-refractivity contribution is -0.143. The number of fused-ring (bicyclic) bond motifs is 2. The first-order valence-corrected chi connectivity index (χ1v) is 9.27. The van der Waals surface area contributed by atoms with Crippen LogP contribution in [0.4, 0.5) is 9.18 Å². The number of aliphatic carboxylic acids is 1. The average Bonchev–Trinajstić information content (AvgIpc) is 2.91. The second kappa shape index (κ2) is 6.74. The Labute approximate surface area is 152 Å². The predicted molar refractivity (Wildman–Crippen MR) is 94.3 cm³/mol. The molecule has 3 heterocycles. The van der Waals surface area contributed by atoms with Crippen molar-refractivity contribution in [2.75, 3.05) is 13.1 Å². The molecule has 26 heavy (non-hydrogen) atoms. The van der Waals surface area contributed by atoms with Crippen LogP contribution in [-0.4, -0.2) is 52.1 Å². The third-order valence-corrected chi connectivity index (χ3v) is 6.00. The average molecular weight is 358 g/mol. The van der Waals surface area contributed by atoms with Crippen molar-refractivity contribution < 1.29 is 19.1 Å². The number of amides is 2. The van der Waals surface area contributed by atoms with Crippen molar-refractivity contribution in [2.24, 2.45) is 5.92 Å². The first-order chi connectivity index (χ1) is 12.5. The largest absolute Gasteiger partial charge is 0.481 e. The summed E-state index contributed by atoms with van der Waals surface area (Å²) < 4.78 is 13.2. The Bertz CT molecular complexity index is 709. The highest BCUT2D eigenvalue weighted by Gasteiger charge is 2.42. The van der Waals surface area contributed by atoms with Gasteiger partial charge in [-0.15, -0.1) is 0 Å². The van der Waals surface area contributed by atoms with Crippen LogP contribution in [0.15, 0.2) is 36.4 Å². The van der Waals surface area contributed by atoms with Gasteiger partial charge < -0.3 is 14.9 Å². The Morgan fingerprint density at radius 2 is 1.58 bits per heavy atom. The van der Waals surface area contributed by atoms with Crippen LogP contribution in [0.1, 0.15) is 37.2 Å². The van der Waals surface area contributed by atoms with Crippen LogP contribution in [0.25, 0.3) is 0 Å². The van der Waals surface area contributed by atoms with Crippen molar-refractivity contribution in [3.8, 4) is 0 Å². The zero-order valence-electron chi connectivity index (χ0n) is 14.6. The molecule has 2 bridgehead atoms. The summed E-state index contributed by atoms with van der Waals surface area (Å²) in [6, 6.07) is 6.82. The summed E-state index contributed by atoms with van der Waals surface area (Å²) in [4.78, 5) is 27.8. The molecule has 0 aliphatic carbocycles. The highest BCUT2D eigenvalue weighted by atomic mass is 19.1. The fourth-order valence-corrected chi connectivity index (χ4v) is 4.52. The minimum atomic E-state index is -0.765. The molecular formula is C20H23FN2O3. The van der Waals surface area contributed by atoms with E-state index in [0.717, 1.165) is 18.4 Å². The maximum Gasteiger partial charge on any atom is 0.320 e. The zero-order valence-corrected chi connectivity index (χ0v) is 14.6. The number of nitrogens with zero attached hydrogens (tertiary/aromatic N) is 2. The first kappa shape index (κ1) is 17.1. The second-order valence-electron chi connectivity index (χ2n) is 7.53. The van der Waals surface area contributed by atoms with E-state index in [2.05, 4.69) is 12.2 Å². The van der Waals surface area contributed by atoms with Gasteiger partial charge in [0.2, 0.25) is 0 Å². The number of halogens is 1. The number of rotatable bonds is 2. The summed E-state index contributed by atoms with van der Waals surface area (Å²) >= 11 is 0. The van der Waals surface area contributed by atoms with Crippen LogP contribution in [0.3, 0.4) is 0 Å². The first-order valence-electron chi connectivity index (χ1n) is 9.27. The second-order valence-corrected chi connectivity index (χ2v) is 7.53. The summed E-state index contributed by atoms with van der Waals surface area (Å²) in [5.41, 5.74) is 1.12. The normalized spacial score (nSPS) is 28.4. The van der Waals surface area contributed by atoms with Gasteiger partial charge in [0.25, 0.3) is 0 Å². The molecule has 4 rings (SSSR count). The van der Waals surface area contributed by atoms with Crippen LogP contribution in [0.5, 0.6) is 0 Å². The molecule has 1 aromatic rings. The summed E-state index contributed by atoms with van der Waals surface area (Å²) in [6.07, 6.45) is 6.95. The highest BCUT2D eigenvalue weighted by Crippen LogP contribution is 2.40. The minimum absolute atomic E-state index is 0.0198. The van der Waals surface area contributed by atoms with E-state index in [1.54, 1.807) is 4.90 Å². The smallest absolute Gasteiger partial charge is 0.320 e. The summed E-state index contributed by atoms with van der Waals surface area (Å²) in [6.45, 7) is 1.01. The Morgan fingerprint density at radius 3 is 2.12 bits per heavy atom. The Morgan fingerprint density at radius 1 is 1.00 bits per heavy atom. The molecule has 3 aliphatic heterocycles. The fraction of sp³-hybridized carbons (Fsp3) is 0.500. The van der Waals surface area contributed by atoms with E-state index in [1.165, 1.54) is 12.1 Å².